The quantitative estimate of drug-likeness (QED) is 0.808. The van der Waals surface area contributed by atoms with Crippen LogP contribution >= 0.6 is 0 Å². The van der Waals surface area contributed by atoms with E-state index in [1.54, 1.807) is 7.11 Å². The Morgan fingerprint density at radius 2 is 1.83 bits per heavy atom. The number of hydrogen-bond acceptors (Lipinski definition) is 3. The largest absolute Gasteiger partial charge is 0.497 e. The van der Waals surface area contributed by atoms with Gasteiger partial charge in [-0.1, -0.05) is 32.4 Å². The number of hydrogen-bond donors (Lipinski definition) is 1. The third-order valence-electron chi connectivity index (χ3n) is 3.37. The highest BCUT2D eigenvalue weighted by atomic mass is 16.5. The Kier molecular flexibility index (Phi) is 6.16. The average molecular weight is 250 g/mol. The predicted octanol–water partition coefficient (Wildman–Crippen LogP) is 2.67. The standard InChI is InChI=1S/C15H26N2O/c1-5-12(2)10-17(3)11-15(16)13-6-8-14(18-4)9-7-13/h6-9,12,15H,5,10-11,16H2,1-4H3. The summed E-state index contributed by atoms with van der Waals surface area (Å²) in [6, 6.07) is 8.07. The van der Waals surface area contributed by atoms with Crippen LogP contribution < -0.4 is 10.5 Å². The van der Waals surface area contributed by atoms with Crippen LogP contribution in [0.1, 0.15) is 31.9 Å². The Morgan fingerprint density at radius 3 is 2.33 bits per heavy atom. The number of methoxy groups -OCH3 is 1. The minimum Gasteiger partial charge on any atom is -0.497 e. The summed E-state index contributed by atoms with van der Waals surface area (Å²) in [5, 5.41) is 0. The fraction of sp³-hybridized carbons (Fsp3) is 0.600. The molecule has 0 aliphatic carbocycles. The van der Waals surface area contributed by atoms with E-state index in [2.05, 4.69) is 25.8 Å². The van der Waals surface area contributed by atoms with Crippen molar-refractivity contribution in [3.05, 3.63) is 29.8 Å². The van der Waals surface area contributed by atoms with Crippen LogP contribution in [0.25, 0.3) is 0 Å². The lowest BCUT2D eigenvalue weighted by Crippen LogP contribution is -2.32. The van der Waals surface area contributed by atoms with Crippen LogP contribution in [0.15, 0.2) is 24.3 Å². The van der Waals surface area contributed by atoms with Crippen molar-refractivity contribution in [2.24, 2.45) is 11.7 Å². The molecule has 1 aromatic rings. The third-order valence-corrected chi connectivity index (χ3v) is 3.37. The van der Waals surface area contributed by atoms with Crippen molar-refractivity contribution < 1.29 is 4.74 Å². The smallest absolute Gasteiger partial charge is 0.118 e. The molecule has 0 heterocycles. The van der Waals surface area contributed by atoms with Crippen LogP contribution in [0, 0.1) is 5.92 Å². The summed E-state index contributed by atoms with van der Waals surface area (Å²) in [5.74, 6) is 1.59. The van der Waals surface area contributed by atoms with E-state index in [-0.39, 0.29) is 6.04 Å². The first-order chi connectivity index (χ1) is 8.56. The van der Waals surface area contributed by atoms with Gasteiger partial charge in [0.15, 0.2) is 0 Å². The molecule has 2 N–H and O–H groups in total. The Hall–Kier alpha value is -1.06. The van der Waals surface area contributed by atoms with E-state index >= 15 is 0 Å². The number of benzene rings is 1. The molecule has 0 bridgehead atoms. The summed E-state index contributed by atoms with van der Waals surface area (Å²) >= 11 is 0. The molecule has 0 saturated heterocycles. The average Bonchev–Trinajstić information content (AvgIpc) is 2.38. The fourth-order valence-electron chi connectivity index (χ4n) is 2.03. The van der Waals surface area contributed by atoms with Crippen LogP contribution in [-0.4, -0.2) is 32.1 Å². The van der Waals surface area contributed by atoms with E-state index in [0.717, 1.165) is 30.3 Å². The van der Waals surface area contributed by atoms with Gasteiger partial charge in [0.25, 0.3) is 0 Å². The molecule has 0 aliphatic heterocycles. The third kappa shape index (κ3) is 4.67. The lowest BCUT2D eigenvalue weighted by molar-refractivity contribution is 0.267. The lowest BCUT2D eigenvalue weighted by atomic mass is 10.1. The second-order valence-corrected chi connectivity index (χ2v) is 5.11. The molecule has 3 heteroatoms. The van der Waals surface area contributed by atoms with E-state index in [4.69, 9.17) is 10.5 Å². The zero-order valence-corrected chi connectivity index (χ0v) is 12.0. The van der Waals surface area contributed by atoms with Crippen LogP contribution in [0.3, 0.4) is 0 Å². The molecule has 0 aliphatic rings. The lowest BCUT2D eigenvalue weighted by Gasteiger charge is -2.24. The maximum Gasteiger partial charge on any atom is 0.118 e. The van der Waals surface area contributed by atoms with Crippen LogP contribution in [0.5, 0.6) is 5.75 Å². The molecular formula is C15H26N2O. The molecule has 3 nitrogen and oxygen atoms in total. The van der Waals surface area contributed by atoms with Gasteiger partial charge in [0.1, 0.15) is 5.75 Å². The molecule has 0 spiro atoms. The van der Waals surface area contributed by atoms with Gasteiger partial charge in [0.2, 0.25) is 0 Å². The summed E-state index contributed by atoms with van der Waals surface area (Å²) in [5.41, 5.74) is 7.38. The maximum atomic E-state index is 6.22. The molecule has 102 valence electrons. The highest BCUT2D eigenvalue weighted by Crippen LogP contribution is 2.17. The first-order valence-corrected chi connectivity index (χ1v) is 6.64. The Bertz CT molecular complexity index is 337. The zero-order valence-electron chi connectivity index (χ0n) is 12.0. The number of rotatable bonds is 7. The summed E-state index contributed by atoms with van der Waals surface area (Å²) in [6.45, 7) is 6.48. The highest BCUT2D eigenvalue weighted by Gasteiger charge is 2.11. The van der Waals surface area contributed by atoms with Crippen molar-refractivity contribution in [2.75, 3.05) is 27.2 Å². The van der Waals surface area contributed by atoms with Crippen molar-refractivity contribution in [2.45, 2.75) is 26.3 Å². The first-order valence-electron chi connectivity index (χ1n) is 6.64. The van der Waals surface area contributed by atoms with Crippen molar-refractivity contribution in [3.8, 4) is 5.75 Å². The second kappa shape index (κ2) is 7.39. The zero-order chi connectivity index (χ0) is 13.5. The Labute approximate surface area is 111 Å². The molecule has 0 saturated carbocycles. The SMILES string of the molecule is CCC(C)CN(C)CC(N)c1ccc(OC)cc1. The van der Waals surface area contributed by atoms with Gasteiger partial charge >= 0.3 is 0 Å². The number of ether oxygens (including phenoxy) is 1. The van der Waals surface area contributed by atoms with Gasteiger partial charge in [-0.2, -0.15) is 0 Å². The summed E-state index contributed by atoms with van der Waals surface area (Å²) < 4.78 is 5.15. The monoisotopic (exact) mass is 250 g/mol. The van der Waals surface area contributed by atoms with E-state index < -0.39 is 0 Å². The molecular weight excluding hydrogens is 224 g/mol. The Balaban J connectivity index is 2.50. The van der Waals surface area contributed by atoms with Gasteiger partial charge in [-0.3, -0.25) is 0 Å². The van der Waals surface area contributed by atoms with Gasteiger partial charge in [-0.05, 0) is 30.7 Å². The fourth-order valence-corrected chi connectivity index (χ4v) is 2.03. The van der Waals surface area contributed by atoms with Crippen molar-refractivity contribution in [1.82, 2.24) is 4.90 Å². The van der Waals surface area contributed by atoms with Crippen LogP contribution in [0.4, 0.5) is 0 Å². The van der Waals surface area contributed by atoms with Gasteiger partial charge in [-0.15, -0.1) is 0 Å². The normalized spacial score (nSPS) is 14.6. The first kappa shape index (κ1) is 15.0. The van der Waals surface area contributed by atoms with Crippen molar-refractivity contribution in [3.63, 3.8) is 0 Å². The molecule has 2 atom stereocenters. The highest BCUT2D eigenvalue weighted by molar-refractivity contribution is 5.29. The number of nitrogens with zero attached hydrogens (tertiary/aromatic N) is 1. The van der Waals surface area contributed by atoms with E-state index in [1.165, 1.54) is 6.42 Å². The summed E-state index contributed by atoms with van der Waals surface area (Å²) in [4.78, 5) is 2.31. The minimum atomic E-state index is 0.0602. The molecule has 1 rings (SSSR count). The van der Waals surface area contributed by atoms with Gasteiger partial charge in [0, 0.05) is 19.1 Å². The molecule has 1 aromatic carbocycles. The van der Waals surface area contributed by atoms with E-state index in [9.17, 15) is 0 Å². The molecule has 0 radical (unpaired) electrons. The summed E-state index contributed by atoms with van der Waals surface area (Å²) in [6.07, 6.45) is 1.21. The molecule has 2 unspecified atom stereocenters. The van der Waals surface area contributed by atoms with E-state index in [0.29, 0.717) is 0 Å². The number of likely N-dealkylation sites (N-methyl/N-ethyl adjacent to an activating group) is 1. The van der Waals surface area contributed by atoms with Gasteiger partial charge in [-0.25, -0.2) is 0 Å². The molecule has 0 fully saturated rings. The summed E-state index contributed by atoms with van der Waals surface area (Å²) in [7, 11) is 3.81. The topological polar surface area (TPSA) is 38.5 Å². The van der Waals surface area contributed by atoms with Crippen LogP contribution in [0.2, 0.25) is 0 Å². The van der Waals surface area contributed by atoms with Crippen molar-refractivity contribution in [1.29, 1.82) is 0 Å². The number of nitrogens with two attached hydrogens (primary N) is 1. The predicted molar refractivity (Wildman–Crippen MR) is 76.9 cm³/mol. The van der Waals surface area contributed by atoms with Crippen molar-refractivity contribution >= 4 is 0 Å². The van der Waals surface area contributed by atoms with Gasteiger partial charge < -0.3 is 15.4 Å². The molecule has 0 aromatic heterocycles. The maximum absolute atomic E-state index is 6.22. The molecule has 18 heavy (non-hydrogen) atoms. The van der Waals surface area contributed by atoms with E-state index in [1.807, 2.05) is 24.3 Å². The second-order valence-electron chi connectivity index (χ2n) is 5.11. The van der Waals surface area contributed by atoms with Gasteiger partial charge in [0.05, 0.1) is 7.11 Å². The molecule has 0 amide bonds. The Morgan fingerprint density at radius 1 is 1.22 bits per heavy atom. The van der Waals surface area contributed by atoms with Crippen LogP contribution in [-0.2, 0) is 0 Å². The minimum absolute atomic E-state index is 0.0602.